The maximum Gasteiger partial charge on any atom is 0.328 e. The lowest BCUT2D eigenvalue weighted by Gasteiger charge is -2.13. The number of nitrogens with zero attached hydrogens (tertiary/aromatic N) is 1. The number of rotatable bonds is 6. The largest absolute Gasteiger partial charge is 0.478 e. The van der Waals surface area contributed by atoms with Crippen LogP contribution in [0.25, 0.3) is 0 Å². The Labute approximate surface area is 99.5 Å². The minimum absolute atomic E-state index is 0.409. The van der Waals surface area contributed by atoms with Crippen molar-refractivity contribution in [2.45, 2.75) is 6.92 Å². The Bertz CT molecular complexity index is 315. The van der Waals surface area contributed by atoms with E-state index in [1.807, 2.05) is 24.2 Å². The van der Waals surface area contributed by atoms with Crippen LogP contribution in [-0.4, -0.2) is 54.6 Å². The lowest BCUT2D eigenvalue weighted by atomic mass is 10.4. The average molecular weight is 243 g/mol. The molecule has 0 saturated heterocycles. The van der Waals surface area contributed by atoms with Gasteiger partial charge < -0.3 is 15.3 Å². The quantitative estimate of drug-likeness (QED) is 0.541. The van der Waals surface area contributed by atoms with Crippen LogP contribution < -0.4 is 10.6 Å². The van der Waals surface area contributed by atoms with Gasteiger partial charge in [0.2, 0.25) is 0 Å². The van der Waals surface area contributed by atoms with E-state index in [0.29, 0.717) is 19.2 Å². The number of carbonyl (C=O) groups excluding carboxylic acids is 2. The second-order valence-corrected chi connectivity index (χ2v) is 3.31. The highest BCUT2D eigenvalue weighted by molar-refractivity contribution is 6.02. The topological polar surface area (TPSA) is 98.7 Å². The molecule has 0 aromatic rings. The van der Waals surface area contributed by atoms with Crippen LogP contribution in [0.5, 0.6) is 0 Å². The highest BCUT2D eigenvalue weighted by Gasteiger charge is 2.04. The number of likely N-dealkylation sites (N-methyl/N-ethyl adjacent to an activating group) is 1. The first-order chi connectivity index (χ1) is 7.95. The molecule has 0 aliphatic heterocycles. The first kappa shape index (κ1) is 15.1. The van der Waals surface area contributed by atoms with E-state index >= 15 is 0 Å². The molecule has 7 nitrogen and oxygen atoms in total. The summed E-state index contributed by atoms with van der Waals surface area (Å²) in [6.45, 7) is 3.93. The molecule has 0 fully saturated rings. The Balaban J connectivity index is 3.79. The summed E-state index contributed by atoms with van der Waals surface area (Å²) >= 11 is 0. The Morgan fingerprint density at radius 1 is 1.29 bits per heavy atom. The zero-order valence-corrected chi connectivity index (χ0v) is 9.90. The molecule has 7 heteroatoms. The molecule has 0 atom stereocenters. The van der Waals surface area contributed by atoms with Gasteiger partial charge in [0.05, 0.1) is 0 Å². The fourth-order valence-corrected chi connectivity index (χ4v) is 0.863. The summed E-state index contributed by atoms with van der Waals surface area (Å²) in [6, 6.07) is -0.644. The van der Waals surface area contributed by atoms with Crippen LogP contribution in [0.1, 0.15) is 6.92 Å². The van der Waals surface area contributed by atoms with Crippen molar-refractivity contribution in [3.05, 3.63) is 12.2 Å². The third-order valence-corrected chi connectivity index (χ3v) is 1.93. The Morgan fingerprint density at radius 3 is 2.47 bits per heavy atom. The van der Waals surface area contributed by atoms with Crippen molar-refractivity contribution in [1.29, 1.82) is 0 Å². The van der Waals surface area contributed by atoms with Gasteiger partial charge in [-0.3, -0.25) is 10.1 Å². The van der Waals surface area contributed by atoms with Crippen LogP contribution in [0.15, 0.2) is 12.2 Å². The van der Waals surface area contributed by atoms with Crippen molar-refractivity contribution in [1.82, 2.24) is 15.5 Å². The molecule has 0 aromatic heterocycles. The second-order valence-electron chi connectivity index (χ2n) is 3.31. The van der Waals surface area contributed by atoms with E-state index in [-0.39, 0.29) is 0 Å². The Kier molecular flexibility index (Phi) is 7.36. The monoisotopic (exact) mass is 243 g/mol. The Hall–Kier alpha value is -1.89. The first-order valence-corrected chi connectivity index (χ1v) is 5.14. The van der Waals surface area contributed by atoms with E-state index in [0.717, 1.165) is 12.6 Å². The third kappa shape index (κ3) is 9.06. The number of carboxylic acid groups (broad SMARTS) is 1. The standard InChI is InChI=1S/C10H17N3O4/c1-3-13(2)7-6-11-10(17)12-8(14)4-5-9(15)16/h4-5H,3,6-7H2,1-2H3,(H,15,16)(H2,11,12,14,17). The molecule has 0 aliphatic carbocycles. The molecule has 0 aromatic carbocycles. The van der Waals surface area contributed by atoms with Gasteiger partial charge in [0.1, 0.15) is 0 Å². The average Bonchev–Trinajstić information content (AvgIpc) is 2.26. The number of urea groups is 1. The van der Waals surface area contributed by atoms with Crippen molar-refractivity contribution in [3.8, 4) is 0 Å². The summed E-state index contributed by atoms with van der Waals surface area (Å²) in [5.74, 6) is -2.01. The van der Waals surface area contributed by atoms with Gasteiger partial charge in [-0.05, 0) is 13.6 Å². The first-order valence-electron chi connectivity index (χ1n) is 5.14. The van der Waals surface area contributed by atoms with Crippen LogP contribution in [0, 0.1) is 0 Å². The van der Waals surface area contributed by atoms with Crippen LogP contribution in [0.4, 0.5) is 4.79 Å². The number of aliphatic carboxylic acids is 1. The highest BCUT2D eigenvalue weighted by atomic mass is 16.4. The fraction of sp³-hybridized carbons (Fsp3) is 0.500. The van der Waals surface area contributed by atoms with E-state index in [1.165, 1.54) is 0 Å². The van der Waals surface area contributed by atoms with E-state index in [4.69, 9.17) is 5.11 Å². The van der Waals surface area contributed by atoms with Gasteiger partial charge in [0.15, 0.2) is 0 Å². The van der Waals surface area contributed by atoms with Gasteiger partial charge in [-0.25, -0.2) is 9.59 Å². The van der Waals surface area contributed by atoms with E-state index in [1.54, 1.807) is 0 Å². The maximum atomic E-state index is 11.1. The Morgan fingerprint density at radius 2 is 1.94 bits per heavy atom. The van der Waals surface area contributed by atoms with E-state index in [2.05, 4.69) is 5.32 Å². The zero-order valence-electron chi connectivity index (χ0n) is 9.90. The predicted octanol–water partition coefficient (Wildman–Crippen LogP) is -0.595. The summed E-state index contributed by atoms with van der Waals surface area (Å²) in [5, 5.41) is 12.7. The summed E-state index contributed by atoms with van der Waals surface area (Å²) < 4.78 is 0. The lowest BCUT2D eigenvalue weighted by Crippen LogP contribution is -2.41. The van der Waals surface area contributed by atoms with Crippen molar-refractivity contribution < 1.29 is 19.5 Å². The van der Waals surface area contributed by atoms with Crippen molar-refractivity contribution >= 4 is 17.9 Å². The SMILES string of the molecule is CCN(C)CCNC(=O)NC(=O)C=CC(=O)O. The van der Waals surface area contributed by atoms with Crippen molar-refractivity contribution in [2.24, 2.45) is 0 Å². The molecule has 0 rings (SSSR count). The van der Waals surface area contributed by atoms with Gasteiger partial charge in [0.25, 0.3) is 5.91 Å². The molecule has 3 N–H and O–H groups in total. The van der Waals surface area contributed by atoms with Gasteiger partial charge in [0, 0.05) is 25.2 Å². The molecular formula is C10H17N3O4. The third-order valence-electron chi connectivity index (χ3n) is 1.93. The number of imide groups is 1. The highest BCUT2D eigenvalue weighted by Crippen LogP contribution is 1.79. The maximum absolute atomic E-state index is 11.1. The number of amides is 3. The smallest absolute Gasteiger partial charge is 0.328 e. The molecule has 0 saturated carbocycles. The normalized spacial score (nSPS) is 10.5. The molecule has 0 radical (unpaired) electrons. The number of hydrogen-bond acceptors (Lipinski definition) is 4. The number of carboxylic acids is 1. The summed E-state index contributed by atoms with van der Waals surface area (Å²) in [4.78, 5) is 34.2. The minimum Gasteiger partial charge on any atom is -0.478 e. The zero-order chi connectivity index (χ0) is 13.3. The van der Waals surface area contributed by atoms with Gasteiger partial charge in [-0.15, -0.1) is 0 Å². The summed E-state index contributed by atoms with van der Waals surface area (Å²) in [5.41, 5.74) is 0. The molecule has 0 unspecified atom stereocenters. The van der Waals surface area contributed by atoms with Gasteiger partial charge >= 0.3 is 12.0 Å². The predicted molar refractivity (Wildman–Crippen MR) is 61.5 cm³/mol. The van der Waals surface area contributed by atoms with Crippen LogP contribution in [-0.2, 0) is 9.59 Å². The molecule has 0 bridgehead atoms. The van der Waals surface area contributed by atoms with Crippen LogP contribution in [0.3, 0.4) is 0 Å². The van der Waals surface area contributed by atoms with Gasteiger partial charge in [-0.1, -0.05) is 6.92 Å². The molecule has 96 valence electrons. The fourth-order valence-electron chi connectivity index (χ4n) is 0.863. The van der Waals surface area contributed by atoms with Crippen LogP contribution in [0.2, 0.25) is 0 Å². The van der Waals surface area contributed by atoms with E-state index in [9.17, 15) is 14.4 Å². The molecule has 17 heavy (non-hydrogen) atoms. The minimum atomic E-state index is -1.25. The summed E-state index contributed by atoms with van der Waals surface area (Å²) in [6.07, 6.45) is 1.44. The molecule has 3 amide bonds. The van der Waals surface area contributed by atoms with Crippen LogP contribution >= 0.6 is 0 Å². The number of hydrogen-bond donors (Lipinski definition) is 3. The lowest BCUT2D eigenvalue weighted by molar-refractivity contribution is -0.131. The molecule has 0 aliphatic rings. The number of nitrogens with one attached hydrogen (secondary N) is 2. The summed E-state index contributed by atoms with van der Waals surface area (Å²) in [7, 11) is 1.90. The van der Waals surface area contributed by atoms with Crippen molar-refractivity contribution in [3.63, 3.8) is 0 Å². The van der Waals surface area contributed by atoms with Gasteiger partial charge in [-0.2, -0.15) is 0 Å². The second kappa shape index (κ2) is 8.28. The molecule has 0 heterocycles. The molecule has 0 spiro atoms. The van der Waals surface area contributed by atoms with Crippen molar-refractivity contribution in [2.75, 3.05) is 26.7 Å². The van der Waals surface area contributed by atoms with E-state index < -0.39 is 17.9 Å². The molecular weight excluding hydrogens is 226 g/mol. The number of carbonyl (C=O) groups is 3.